The van der Waals surface area contributed by atoms with E-state index in [-0.39, 0.29) is 36.5 Å². The third-order valence-electron chi connectivity index (χ3n) is 9.96. The summed E-state index contributed by atoms with van der Waals surface area (Å²) in [6.07, 6.45) is -2.67. The molecule has 254 valence electrons. The topological polar surface area (TPSA) is 141 Å². The summed E-state index contributed by atoms with van der Waals surface area (Å²) in [7, 11) is 1.62. The Labute approximate surface area is 290 Å². The maximum atomic E-state index is 13.2. The van der Waals surface area contributed by atoms with E-state index in [4.69, 9.17) is 23.7 Å². The van der Waals surface area contributed by atoms with Crippen molar-refractivity contribution in [3.05, 3.63) is 25.0 Å². The lowest BCUT2D eigenvalue weighted by Gasteiger charge is -2.61. The standard InChI is InChI=1S/C32H45Br3O10/c1-15(8-9-21(41-7)26-19(33)10-20(34)28(39)27(26)35)29-17(3)23-13-32(44-29)30(5,6)12-16(2)31(40,45-32)14-25(38)42-22(18(4)36)11-24(37)43-23/h10,15-18,21-23,29,36,39-40H,8-9,11-14H2,1-7H3. The van der Waals surface area contributed by atoms with Crippen molar-refractivity contribution in [3.63, 3.8) is 0 Å². The Bertz CT molecular complexity index is 1270. The molecule has 0 aliphatic carbocycles. The number of aromatic hydroxyl groups is 1. The maximum absolute atomic E-state index is 13.2. The maximum Gasteiger partial charge on any atom is 0.311 e. The zero-order chi connectivity index (χ0) is 33.6. The van der Waals surface area contributed by atoms with E-state index in [0.29, 0.717) is 28.2 Å². The van der Waals surface area contributed by atoms with Crippen LogP contribution in [0.15, 0.2) is 19.5 Å². The lowest BCUT2D eigenvalue weighted by Crippen LogP contribution is -2.68. The molecule has 0 aromatic heterocycles. The fourth-order valence-electron chi connectivity index (χ4n) is 7.09. The number of ether oxygens (including phenoxy) is 5. The highest BCUT2D eigenvalue weighted by Gasteiger charge is 2.64. The summed E-state index contributed by atoms with van der Waals surface area (Å²) < 4.78 is 32.7. The molecule has 0 radical (unpaired) electrons. The summed E-state index contributed by atoms with van der Waals surface area (Å²) in [6, 6.07) is 1.78. The molecular weight excluding hydrogens is 784 g/mol. The molecule has 3 aliphatic heterocycles. The van der Waals surface area contributed by atoms with Gasteiger partial charge < -0.3 is 39.0 Å². The van der Waals surface area contributed by atoms with Crippen LogP contribution in [0.1, 0.15) is 91.7 Å². The van der Waals surface area contributed by atoms with Crippen molar-refractivity contribution >= 4 is 59.7 Å². The predicted octanol–water partition coefficient (Wildman–Crippen LogP) is 6.67. The highest BCUT2D eigenvalue weighted by atomic mass is 79.9. The minimum Gasteiger partial charge on any atom is -0.506 e. The van der Waals surface area contributed by atoms with Gasteiger partial charge in [-0.05, 0) is 70.0 Å². The van der Waals surface area contributed by atoms with E-state index >= 15 is 0 Å². The van der Waals surface area contributed by atoms with Crippen LogP contribution in [0.3, 0.4) is 0 Å². The van der Waals surface area contributed by atoms with E-state index < -0.39 is 65.7 Å². The lowest BCUT2D eigenvalue weighted by atomic mass is 9.66. The second-order valence-electron chi connectivity index (χ2n) is 13.7. The van der Waals surface area contributed by atoms with Crippen LogP contribution >= 0.6 is 47.8 Å². The number of hydrogen-bond acceptors (Lipinski definition) is 10. The molecule has 45 heavy (non-hydrogen) atoms. The molecule has 3 heterocycles. The van der Waals surface area contributed by atoms with Crippen molar-refractivity contribution in [1.82, 2.24) is 0 Å². The van der Waals surface area contributed by atoms with Crippen molar-refractivity contribution in [2.24, 2.45) is 23.2 Å². The van der Waals surface area contributed by atoms with Gasteiger partial charge in [-0.1, -0.05) is 50.5 Å². The Hall–Kier alpha value is -0.800. The summed E-state index contributed by atoms with van der Waals surface area (Å²) in [6.45, 7) is 11.3. The van der Waals surface area contributed by atoms with Gasteiger partial charge in [0.25, 0.3) is 0 Å². The molecular formula is C32H45Br3O10. The summed E-state index contributed by atoms with van der Waals surface area (Å²) in [4.78, 5) is 26.2. The van der Waals surface area contributed by atoms with Gasteiger partial charge in [-0.3, -0.25) is 9.59 Å². The second-order valence-corrected chi connectivity index (χ2v) is 16.2. The van der Waals surface area contributed by atoms with Gasteiger partial charge in [-0.25, -0.2) is 0 Å². The smallest absolute Gasteiger partial charge is 0.311 e. The molecule has 1 spiro atoms. The van der Waals surface area contributed by atoms with Crippen molar-refractivity contribution in [2.45, 2.75) is 122 Å². The molecule has 0 saturated carbocycles. The Morgan fingerprint density at radius 1 is 1.04 bits per heavy atom. The van der Waals surface area contributed by atoms with Crippen LogP contribution in [0.2, 0.25) is 0 Å². The molecule has 3 aliphatic rings. The quantitative estimate of drug-likeness (QED) is 0.255. The SMILES string of the molecule is COC(CCC(C)C1OC23CC(OC(=O)CC(C(C)O)OC(=O)CC(O)(O2)C(C)CC3(C)C)C1C)c1c(Br)cc(Br)c(O)c1Br. The monoisotopic (exact) mass is 826 g/mol. The molecule has 3 saturated heterocycles. The van der Waals surface area contributed by atoms with Gasteiger partial charge >= 0.3 is 11.9 Å². The zero-order valence-electron chi connectivity index (χ0n) is 26.8. The van der Waals surface area contributed by atoms with E-state index in [0.717, 1.165) is 10.0 Å². The molecule has 10 nitrogen and oxygen atoms in total. The third-order valence-corrected chi connectivity index (χ3v) is 12.0. The van der Waals surface area contributed by atoms with E-state index in [9.17, 15) is 24.9 Å². The van der Waals surface area contributed by atoms with Gasteiger partial charge in [0.2, 0.25) is 0 Å². The fourth-order valence-corrected chi connectivity index (χ4v) is 9.73. The van der Waals surface area contributed by atoms with Crippen LogP contribution < -0.4 is 0 Å². The Morgan fingerprint density at radius 3 is 2.33 bits per heavy atom. The fraction of sp³-hybridized carbons (Fsp3) is 0.750. The Balaban J connectivity index is 1.68. The molecule has 13 heteroatoms. The Kier molecular flexibility index (Phi) is 11.5. The molecule has 1 aromatic rings. The number of benzene rings is 1. The number of phenols is 1. The minimum absolute atomic E-state index is 0.0763. The van der Waals surface area contributed by atoms with Crippen LogP contribution in [0.4, 0.5) is 0 Å². The van der Waals surface area contributed by atoms with E-state index in [1.165, 1.54) is 6.92 Å². The Morgan fingerprint density at radius 2 is 1.71 bits per heavy atom. The first kappa shape index (κ1) is 37.0. The van der Waals surface area contributed by atoms with Gasteiger partial charge in [-0.2, -0.15) is 0 Å². The van der Waals surface area contributed by atoms with Gasteiger partial charge in [0.1, 0.15) is 18.0 Å². The van der Waals surface area contributed by atoms with Gasteiger partial charge in [0.05, 0.1) is 40.1 Å². The van der Waals surface area contributed by atoms with Crippen LogP contribution in [0.25, 0.3) is 0 Å². The molecule has 10 atom stereocenters. The molecule has 10 unspecified atom stereocenters. The first-order valence-corrected chi connectivity index (χ1v) is 17.8. The normalized spacial score (nSPS) is 35.7. The summed E-state index contributed by atoms with van der Waals surface area (Å²) in [5, 5.41) is 32.6. The zero-order valence-corrected chi connectivity index (χ0v) is 31.5. The molecule has 3 N–H and O–H groups in total. The summed E-state index contributed by atoms with van der Waals surface area (Å²) in [5.74, 6) is -5.38. The number of hydrogen-bond donors (Lipinski definition) is 3. The number of fused-ring (bicyclic) bond motifs is 2. The first-order valence-electron chi connectivity index (χ1n) is 15.4. The average Bonchev–Trinajstić information content (AvgIpc) is 2.93. The number of esters is 2. The van der Waals surface area contributed by atoms with Crippen molar-refractivity contribution in [3.8, 4) is 5.75 Å². The van der Waals surface area contributed by atoms with Crippen LogP contribution in [0, 0.1) is 23.2 Å². The molecule has 1 aromatic carbocycles. The number of carbonyl (C=O) groups excluding carboxylic acids is 2. The predicted molar refractivity (Wildman–Crippen MR) is 175 cm³/mol. The average molecular weight is 829 g/mol. The number of rotatable bonds is 7. The number of carbonyl (C=O) groups is 2. The second kappa shape index (κ2) is 14.0. The van der Waals surface area contributed by atoms with Crippen LogP contribution in [-0.4, -0.2) is 70.4 Å². The minimum atomic E-state index is -1.90. The van der Waals surface area contributed by atoms with Gasteiger partial charge in [-0.15, -0.1) is 0 Å². The van der Waals surface area contributed by atoms with E-state index in [1.54, 1.807) is 13.2 Å². The van der Waals surface area contributed by atoms with E-state index in [2.05, 4.69) is 54.7 Å². The number of aliphatic hydroxyl groups is 2. The summed E-state index contributed by atoms with van der Waals surface area (Å²) >= 11 is 10.5. The van der Waals surface area contributed by atoms with Crippen LogP contribution in [0.5, 0.6) is 5.75 Å². The third kappa shape index (κ3) is 7.45. The van der Waals surface area contributed by atoms with Crippen molar-refractivity contribution in [2.75, 3.05) is 7.11 Å². The number of aliphatic hydroxyl groups excluding tert-OH is 1. The van der Waals surface area contributed by atoms with Crippen molar-refractivity contribution < 1.29 is 48.6 Å². The lowest BCUT2D eigenvalue weighted by molar-refractivity contribution is -0.452. The molecule has 4 rings (SSSR count). The number of cyclic esters (lactones) is 1. The first-order chi connectivity index (χ1) is 20.8. The number of halogens is 3. The highest BCUT2D eigenvalue weighted by molar-refractivity contribution is 9.11. The summed E-state index contributed by atoms with van der Waals surface area (Å²) in [5.41, 5.74) is 0.147. The van der Waals surface area contributed by atoms with Gasteiger partial charge in [0.15, 0.2) is 11.6 Å². The number of phenolic OH excluding ortho intramolecular Hbond substituents is 1. The van der Waals surface area contributed by atoms with Crippen LogP contribution in [-0.2, 0) is 33.3 Å². The molecule has 3 fully saturated rings. The largest absolute Gasteiger partial charge is 0.506 e. The highest BCUT2D eigenvalue weighted by Crippen LogP contribution is 2.57. The number of methoxy groups -OCH3 is 1. The van der Waals surface area contributed by atoms with E-state index in [1.807, 2.05) is 27.7 Å². The molecule has 3 bridgehead atoms. The van der Waals surface area contributed by atoms with Gasteiger partial charge in [0, 0.05) is 40.8 Å². The molecule has 0 amide bonds. The van der Waals surface area contributed by atoms with Crippen molar-refractivity contribution in [1.29, 1.82) is 0 Å².